The van der Waals surface area contributed by atoms with Crippen LogP contribution in [-0.4, -0.2) is 26.5 Å². The minimum absolute atomic E-state index is 0.0550. The molecule has 0 fully saturated rings. The first kappa shape index (κ1) is 17.6. The first-order valence-electron chi connectivity index (χ1n) is 7.16. The number of benzene rings is 1. The van der Waals surface area contributed by atoms with Crippen LogP contribution in [0.15, 0.2) is 34.6 Å². The van der Waals surface area contributed by atoms with E-state index in [0.717, 1.165) is 9.84 Å². The van der Waals surface area contributed by atoms with Gasteiger partial charge in [-0.15, -0.1) is 16.4 Å². The number of hydrogen-bond acceptors (Lipinski definition) is 7. The summed E-state index contributed by atoms with van der Waals surface area (Å²) >= 11 is 7.37. The number of nitro benzene ring substituents is 1. The third-order valence-corrected chi connectivity index (χ3v) is 4.62. The molecular formula is C14H13ClN8O2S. The molecule has 3 aromatic rings. The second-order valence-corrected chi connectivity index (χ2v) is 6.77. The third kappa shape index (κ3) is 3.30. The van der Waals surface area contributed by atoms with Gasteiger partial charge < -0.3 is 11.6 Å². The Kier molecular flexibility index (Phi) is 4.73. The number of nitrogens with zero attached hydrogens (tertiary/aromatic N) is 5. The predicted octanol–water partition coefficient (Wildman–Crippen LogP) is 2.04. The van der Waals surface area contributed by atoms with Crippen molar-refractivity contribution < 1.29 is 4.92 Å². The van der Waals surface area contributed by atoms with Crippen LogP contribution in [0.3, 0.4) is 0 Å². The topological polar surface area (TPSA) is 149 Å². The zero-order valence-corrected chi connectivity index (χ0v) is 15.0. The number of nitro groups is 1. The van der Waals surface area contributed by atoms with Crippen LogP contribution in [0.25, 0.3) is 16.2 Å². The summed E-state index contributed by atoms with van der Waals surface area (Å²) in [5.74, 6) is 4.98. The highest BCUT2D eigenvalue weighted by Crippen LogP contribution is 2.32. The van der Waals surface area contributed by atoms with Crippen molar-refractivity contribution in [2.75, 3.05) is 0 Å². The number of rotatable bonds is 4. The molecule has 0 spiro atoms. The highest BCUT2D eigenvalue weighted by Gasteiger charge is 2.19. The molecule has 0 unspecified atom stereocenters. The summed E-state index contributed by atoms with van der Waals surface area (Å²) in [7, 11) is 0. The Morgan fingerprint density at radius 1 is 1.54 bits per heavy atom. The van der Waals surface area contributed by atoms with Gasteiger partial charge in [0.15, 0.2) is 4.96 Å². The number of halogens is 1. The van der Waals surface area contributed by atoms with Gasteiger partial charge in [-0.05, 0) is 13.0 Å². The largest absolute Gasteiger partial charge is 0.367 e. The number of imidazole rings is 1. The Morgan fingerprint density at radius 3 is 3.00 bits per heavy atom. The zero-order chi connectivity index (χ0) is 18.8. The van der Waals surface area contributed by atoms with E-state index in [1.807, 2.05) is 17.5 Å². The first-order chi connectivity index (χ1) is 12.4. The molecule has 0 aliphatic heterocycles. The number of aryl methyl sites for hydroxylation is 1. The standard InChI is InChI=1S/C14H13ClN8O2S/c1-7-6-22-11(5-18-21-13(16)20-17)12(19-14(22)26-7)8-2-3-9(15)10(4-8)23(24)25/h2-6H,17H2,1H3,(H3,16,20,21)/b18-5+. The fourth-order valence-electron chi connectivity index (χ4n) is 2.30. The molecule has 5 N–H and O–H groups in total. The molecule has 0 saturated heterocycles. The molecule has 0 atom stereocenters. The predicted molar refractivity (Wildman–Crippen MR) is 101 cm³/mol. The fourth-order valence-corrected chi connectivity index (χ4v) is 3.32. The van der Waals surface area contributed by atoms with Gasteiger partial charge in [-0.25, -0.2) is 10.4 Å². The Balaban J connectivity index is 2.14. The van der Waals surface area contributed by atoms with Crippen molar-refractivity contribution in [1.82, 2.24) is 14.8 Å². The van der Waals surface area contributed by atoms with Crippen LogP contribution in [-0.2, 0) is 0 Å². The molecule has 2 aromatic heterocycles. The van der Waals surface area contributed by atoms with Gasteiger partial charge in [-0.1, -0.05) is 17.7 Å². The van der Waals surface area contributed by atoms with E-state index in [0.29, 0.717) is 17.0 Å². The smallest absolute Gasteiger partial charge is 0.288 e. The lowest BCUT2D eigenvalue weighted by Gasteiger charge is -2.02. The molecular weight excluding hydrogens is 380 g/mol. The van der Waals surface area contributed by atoms with E-state index in [4.69, 9.17) is 23.2 Å². The van der Waals surface area contributed by atoms with Crippen LogP contribution < -0.4 is 17.0 Å². The number of fused-ring (bicyclic) bond motifs is 1. The molecule has 26 heavy (non-hydrogen) atoms. The van der Waals surface area contributed by atoms with Gasteiger partial charge in [0, 0.05) is 22.7 Å². The third-order valence-electron chi connectivity index (χ3n) is 3.40. The highest BCUT2D eigenvalue weighted by molar-refractivity contribution is 7.17. The van der Waals surface area contributed by atoms with Gasteiger partial charge >= 0.3 is 0 Å². The molecule has 10 nitrogen and oxygen atoms in total. The maximum absolute atomic E-state index is 11.2. The SMILES string of the molecule is Cc1cn2c(/C=N/N/C(N)=N\N)c(-c3ccc(Cl)c([N+](=O)[O-])c3)nc2s1. The molecule has 0 saturated carbocycles. The second kappa shape index (κ2) is 6.98. The van der Waals surface area contributed by atoms with E-state index in [2.05, 4.69) is 20.6 Å². The highest BCUT2D eigenvalue weighted by atomic mass is 35.5. The van der Waals surface area contributed by atoms with Gasteiger partial charge in [0.1, 0.15) is 5.02 Å². The van der Waals surface area contributed by atoms with E-state index in [1.165, 1.54) is 29.7 Å². The van der Waals surface area contributed by atoms with Crippen LogP contribution in [0.4, 0.5) is 5.69 Å². The molecule has 0 aliphatic carbocycles. The van der Waals surface area contributed by atoms with Gasteiger partial charge in [-0.2, -0.15) is 5.10 Å². The van der Waals surface area contributed by atoms with E-state index in [-0.39, 0.29) is 16.7 Å². The van der Waals surface area contributed by atoms with Crippen molar-refractivity contribution in [2.24, 2.45) is 21.8 Å². The summed E-state index contributed by atoms with van der Waals surface area (Å²) in [4.78, 5) is 16.9. The molecule has 0 bridgehead atoms. The Bertz CT molecular complexity index is 1050. The number of nitrogens with two attached hydrogens (primary N) is 2. The molecule has 1 aromatic carbocycles. The summed E-state index contributed by atoms with van der Waals surface area (Å²) in [5.41, 5.74) is 9.37. The van der Waals surface area contributed by atoms with Gasteiger partial charge in [0.2, 0.25) is 5.96 Å². The summed E-state index contributed by atoms with van der Waals surface area (Å²) in [5, 5.41) is 18.4. The average Bonchev–Trinajstić information content (AvgIpc) is 3.11. The minimum atomic E-state index is -0.540. The first-order valence-corrected chi connectivity index (χ1v) is 8.35. The average molecular weight is 393 g/mol. The van der Waals surface area contributed by atoms with Crippen LogP contribution in [0.1, 0.15) is 10.6 Å². The van der Waals surface area contributed by atoms with Crippen molar-refractivity contribution in [2.45, 2.75) is 6.92 Å². The maximum atomic E-state index is 11.2. The number of hydrazone groups is 2. The van der Waals surface area contributed by atoms with E-state index in [9.17, 15) is 10.1 Å². The minimum Gasteiger partial charge on any atom is -0.367 e. The molecule has 0 radical (unpaired) electrons. The number of hydrogen-bond donors (Lipinski definition) is 3. The Labute approximate surface area is 155 Å². The maximum Gasteiger partial charge on any atom is 0.288 e. The Hall–Kier alpha value is -3.18. The van der Waals surface area contributed by atoms with Crippen molar-refractivity contribution >= 4 is 45.8 Å². The van der Waals surface area contributed by atoms with Gasteiger partial charge in [0.05, 0.1) is 22.5 Å². The van der Waals surface area contributed by atoms with Crippen molar-refractivity contribution in [3.05, 3.63) is 50.1 Å². The molecule has 3 rings (SSSR count). The molecule has 134 valence electrons. The second-order valence-electron chi connectivity index (χ2n) is 5.15. The van der Waals surface area contributed by atoms with Gasteiger partial charge in [-0.3, -0.25) is 14.5 Å². The van der Waals surface area contributed by atoms with Crippen molar-refractivity contribution in [1.29, 1.82) is 0 Å². The van der Waals surface area contributed by atoms with Crippen molar-refractivity contribution in [3.63, 3.8) is 0 Å². The summed E-state index contributed by atoms with van der Waals surface area (Å²) in [6, 6.07) is 4.50. The monoisotopic (exact) mass is 392 g/mol. The molecule has 2 heterocycles. The van der Waals surface area contributed by atoms with Crippen molar-refractivity contribution in [3.8, 4) is 11.3 Å². The number of nitrogens with one attached hydrogen (secondary N) is 1. The van der Waals surface area contributed by atoms with Crippen LogP contribution in [0, 0.1) is 17.0 Å². The lowest BCUT2D eigenvalue weighted by Crippen LogP contribution is -2.28. The number of thiazole rings is 1. The lowest BCUT2D eigenvalue weighted by atomic mass is 10.1. The van der Waals surface area contributed by atoms with Crippen LogP contribution in [0.5, 0.6) is 0 Å². The van der Waals surface area contributed by atoms with E-state index in [1.54, 1.807) is 6.07 Å². The summed E-state index contributed by atoms with van der Waals surface area (Å²) in [6.45, 7) is 1.95. The summed E-state index contributed by atoms with van der Waals surface area (Å²) in [6.07, 6.45) is 3.38. The molecule has 0 amide bonds. The lowest BCUT2D eigenvalue weighted by molar-refractivity contribution is -0.384. The van der Waals surface area contributed by atoms with Crippen LogP contribution >= 0.6 is 22.9 Å². The summed E-state index contributed by atoms with van der Waals surface area (Å²) < 4.78 is 1.83. The van der Waals surface area contributed by atoms with E-state index >= 15 is 0 Å². The number of aromatic nitrogens is 2. The van der Waals surface area contributed by atoms with E-state index < -0.39 is 4.92 Å². The quantitative estimate of drug-likeness (QED) is 0.203. The molecule has 0 aliphatic rings. The zero-order valence-electron chi connectivity index (χ0n) is 13.4. The Morgan fingerprint density at radius 2 is 2.31 bits per heavy atom. The fraction of sp³-hybridized carbons (Fsp3) is 0.0714. The van der Waals surface area contributed by atoms with Gasteiger partial charge in [0.25, 0.3) is 5.69 Å². The number of guanidine groups is 1. The molecule has 12 heteroatoms. The normalized spacial score (nSPS) is 12.2. The van der Waals surface area contributed by atoms with Crippen LogP contribution in [0.2, 0.25) is 5.02 Å².